The van der Waals surface area contributed by atoms with E-state index in [1.165, 1.54) is 0 Å². The molecule has 0 aromatic heterocycles. The maximum absolute atomic E-state index is 11.3. The van der Waals surface area contributed by atoms with Crippen LogP contribution in [0.1, 0.15) is 28.8 Å². The van der Waals surface area contributed by atoms with Crippen LogP contribution in [-0.2, 0) is 4.74 Å². The Balaban J connectivity index is 1.98. The fourth-order valence-corrected chi connectivity index (χ4v) is 3.05. The minimum Gasteiger partial charge on any atom is -0.478 e. The summed E-state index contributed by atoms with van der Waals surface area (Å²) in [6.45, 7) is 3.59. The Morgan fingerprint density at radius 2 is 2.00 bits per heavy atom. The number of morpholine rings is 1. The zero-order valence-electron chi connectivity index (χ0n) is 10.4. The summed E-state index contributed by atoms with van der Waals surface area (Å²) in [6.07, 6.45) is 2.72. The van der Waals surface area contributed by atoms with E-state index in [2.05, 4.69) is 4.90 Å². The first-order valence-electron chi connectivity index (χ1n) is 6.38. The number of anilines is 1. The topological polar surface area (TPSA) is 49.8 Å². The van der Waals surface area contributed by atoms with E-state index in [0.717, 1.165) is 37.2 Å². The van der Waals surface area contributed by atoms with Crippen LogP contribution in [0.3, 0.4) is 0 Å². The summed E-state index contributed by atoms with van der Waals surface area (Å²) in [5, 5.41) is 9.31. The predicted molar refractivity (Wildman–Crippen MR) is 68.2 cm³/mol. The van der Waals surface area contributed by atoms with Gasteiger partial charge in [0, 0.05) is 13.1 Å². The molecular weight excluding hydrogens is 230 g/mol. The Labute approximate surface area is 106 Å². The number of aryl methyl sites for hydroxylation is 1. The van der Waals surface area contributed by atoms with Gasteiger partial charge in [-0.1, -0.05) is 12.1 Å². The minimum absolute atomic E-state index is 0.269. The molecule has 4 nitrogen and oxygen atoms in total. The fourth-order valence-electron chi connectivity index (χ4n) is 3.05. The van der Waals surface area contributed by atoms with Crippen LogP contribution in [0.15, 0.2) is 18.2 Å². The molecule has 2 aliphatic heterocycles. The summed E-state index contributed by atoms with van der Waals surface area (Å²) in [5.41, 5.74) is 2.29. The normalized spacial score (nSPS) is 26.4. The molecule has 2 fully saturated rings. The van der Waals surface area contributed by atoms with Crippen molar-refractivity contribution in [3.05, 3.63) is 29.3 Å². The van der Waals surface area contributed by atoms with Crippen molar-refractivity contribution in [2.45, 2.75) is 32.0 Å². The van der Waals surface area contributed by atoms with Crippen molar-refractivity contribution in [3.8, 4) is 0 Å². The van der Waals surface area contributed by atoms with E-state index in [1.54, 1.807) is 12.1 Å². The molecule has 4 heteroatoms. The molecule has 3 rings (SSSR count). The molecule has 2 bridgehead atoms. The van der Waals surface area contributed by atoms with E-state index < -0.39 is 5.97 Å². The number of nitrogens with zero attached hydrogens (tertiary/aromatic N) is 1. The average Bonchev–Trinajstić information content (AvgIpc) is 2.68. The van der Waals surface area contributed by atoms with Gasteiger partial charge < -0.3 is 14.7 Å². The molecular formula is C14H17NO3. The molecule has 1 aromatic carbocycles. The Kier molecular flexibility index (Phi) is 2.74. The van der Waals surface area contributed by atoms with Crippen LogP contribution in [0.25, 0.3) is 0 Å². The SMILES string of the molecule is Cc1cccc(C(=O)O)c1N1CC2CCC(C1)O2. The molecule has 2 atom stereocenters. The molecule has 0 spiro atoms. The number of ether oxygens (including phenoxy) is 1. The van der Waals surface area contributed by atoms with Crippen molar-refractivity contribution in [3.63, 3.8) is 0 Å². The summed E-state index contributed by atoms with van der Waals surface area (Å²) in [4.78, 5) is 13.5. The number of carboxylic acid groups (broad SMARTS) is 1. The number of carboxylic acids is 1. The van der Waals surface area contributed by atoms with Gasteiger partial charge in [-0.25, -0.2) is 4.79 Å². The lowest BCUT2D eigenvalue weighted by molar-refractivity contribution is 0.0302. The van der Waals surface area contributed by atoms with Crippen LogP contribution in [0.2, 0.25) is 0 Å². The highest BCUT2D eigenvalue weighted by atomic mass is 16.5. The van der Waals surface area contributed by atoms with Gasteiger partial charge in [-0.15, -0.1) is 0 Å². The molecule has 96 valence electrons. The number of para-hydroxylation sites is 1. The molecule has 1 N–H and O–H groups in total. The molecule has 0 aliphatic carbocycles. The standard InChI is InChI=1S/C14H17NO3/c1-9-3-2-4-12(14(16)17)13(9)15-7-10-5-6-11(8-15)18-10/h2-4,10-11H,5-8H2,1H3,(H,16,17). The van der Waals surface area contributed by atoms with Crippen molar-refractivity contribution >= 4 is 11.7 Å². The molecule has 0 radical (unpaired) electrons. The average molecular weight is 247 g/mol. The van der Waals surface area contributed by atoms with Crippen LogP contribution in [0.4, 0.5) is 5.69 Å². The maximum atomic E-state index is 11.3. The second-order valence-electron chi connectivity index (χ2n) is 5.14. The number of benzene rings is 1. The molecule has 2 saturated heterocycles. The first-order valence-corrected chi connectivity index (χ1v) is 6.38. The molecule has 1 aromatic rings. The van der Waals surface area contributed by atoms with E-state index in [-0.39, 0.29) is 12.2 Å². The number of carbonyl (C=O) groups is 1. The molecule has 18 heavy (non-hydrogen) atoms. The number of hydrogen-bond donors (Lipinski definition) is 1. The van der Waals surface area contributed by atoms with E-state index >= 15 is 0 Å². The molecule has 0 saturated carbocycles. The summed E-state index contributed by atoms with van der Waals surface area (Å²) in [7, 11) is 0. The fraction of sp³-hybridized carbons (Fsp3) is 0.500. The Hall–Kier alpha value is -1.55. The van der Waals surface area contributed by atoms with Crippen LogP contribution in [0, 0.1) is 6.92 Å². The van der Waals surface area contributed by atoms with Gasteiger partial charge in [0.2, 0.25) is 0 Å². The van der Waals surface area contributed by atoms with Crippen molar-refractivity contribution in [1.82, 2.24) is 0 Å². The van der Waals surface area contributed by atoms with Crippen molar-refractivity contribution < 1.29 is 14.6 Å². The van der Waals surface area contributed by atoms with Crippen LogP contribution in [0.5, 0.6) is 0 Å². The van der Waals surface area contributed by atoms with E-state index in [9.17, 15) is 9.90 Å². The van der Waals surface area contributed by atoms with Gasteiger partial charge in [0.25, 0.3) is 0 Å². The van der Waals surface area contributed by atoms with Crippen molar-refractivity contribution in [2.24, 2.45) is 0 Å². The third-order valence-electron chi connectivity index (χ3n) is 3.83. The third-order valence-corrected chi connectivity index (χ3v) is 3.83. The third kappa shape index (κ3) is 1.86. The lowest BCUT2D eigenvalue weighted by Crippen LogP contribution is -2.43. The number of hydrogen-bond acceptors (Lipinski definition) is 3. The van der Waals surface area contributed by atoms with Gasteiger partial charge in [0.05, 0.1) is 23.5 Å². The second-order valence-corrected chi connectivity index (χ2v) is 5.14. The zero-order chi connectivity index (χ0) is 12.7. The Morgan fingerprint density at radius 3 is 2.61 bits per heavy atom. The number of rotatable bonds is 2. The first kappa shape index (κ1) is 11.5. The quantitative estimate of drug-likeness (QED) is 0.869. The molecule has 2 heterocycles. The minimum atomic E-state index is -0.854. The first-order chi connectivity index (χ1) is 8.65. The van der Waals surface area contributed by atoms with Crippen LogP contribution >= 0.6 is 0 Å². The highest BCUT2D eigenvalue weighted by molar-refractivity contribution is 5.95. The van der Waals surface area contributed by atoms with E-state index in [4.69, 9.17) is 4.74 Å². The lowest BCUT2D eigenvalue weighted by Gasteiger charge is -2.35. The number of fused-ring (bicyclic) bond motifs is 2. The van der Waals surface area contributed by atoms with Gasteiger partial charge in [-0.05, 0) is 31.4 Å². The monoisotopic (exact) mass is 247 g/mol. The largest absolute Gasteiger partial charge is 0.478 e. The van der Waals surface area contributed by atoms with Gasteiger partial charge in [-0.3, -0.25) is 0 Å². The zero-order valence-corrected chi connectivity index (χ0v) is 10.4. The summed E-state index contributed by atoms with van der Waals surface area (Å²) >= 11 is 0. The Morgan fingerprint density at radius 1 is 1.33 bits per heavy atom. The van der Waals surface area contributed by atoms with Gasteiger partial charge in [0.1, 0.15) is 0 Å². The predicted octanol–water partition coefficient (Wildman–Crippen LogP) is 2.06. The van der Waals surface area contributed by atoms with E-state index in [0.29, 0.717) is 5.56 Å². The van der Waals surface area contributed by atoms with Crippen molar-refractivity contribution in [1.29, 1.82) is 0 Å². The van der Waals surface area contributed by atoms with Crippen LogP contribution < -0.4 is 4.90 Å². The van der Waals surface area contributed by atoms with Crippen LogP contribution in [-0.4, -0.2) is 36.4 Å². The molecule has 2 unspecified atom stereocenters. The van der Waals surface area contributed by atoms with Crippen molar-refractivity contribution in [2.75, 3.05) is 18.0 Å². The molecule has 0 amide bonds. The molecule has 2 aliphatic rings. The summed E-state index contributed by atoms with van der Waals surface area (Å²) < 4.78 is 5.80. The summed E-state index contributed by atoms with van der Waals surface area (Å²) in [5.74, 6) is -0.854. The lowest BCUT2D eigenvalue weighted by atomic mass is 10.1. The number of aromatic carboxylic acids is 1. The van der Waals surface area contributed by atoms with E-state index in [1.807, 2.05) is 13.0 Å². The highest BCUT2D eigenvalue weighted by Crippen LogP contribution is 2.33. The van der Waals surface area contributed by atoms with Gasteiger partial charge in [0.15, 0.2) is 0 Å². The summed E-state index contributed by atoms with van der Waals surface area (Å²) in [6, 6.07) is 5.46. The maximum Gasteiger partial charge on any atom is 0.337 e. The second kappa shape index (κ2) is 4.28. The smallest absolute Gasteiger partial charge is 0.337 e. The highest BCUT2D eigenvalue weighted by Gasteiger charge is 2.35. The van der Waals surface area contributed by atoms with Gasteiger partial charge in [-0.2, -0.15) is 0 Å². The Bertz CT molecular complexity index is 474. The van der Waals surface area contributed by atoms with Gasteiger partial charge >= 0.3 is 5.97 Å².